The Morgan fingerprint density at radius 2 is 1.64 bits per heavy atom. The van der Waals surface area contributed by atoms with E-state index >= 15 is 0 Å². The van der Waals surface area contributed by atoms with E-state index in [0.717, 1.165) is 12.8 Å². The number of hydrogen-bond donors (Lipinski definition) is 1. The van der Waals surface area contributed by atoms with Crippen LogP contribution in [-0.4, -0.2) is 18.7 Å². The molecule has 0 heterocycles. The summed E-state index contributed by atoms with van der Waals surface area (Å²) in [6, 6.07) is 0. The average Bonchev–Trinajstić information content (AvgIpc) is 2.08. The first-order valence-electron chi connectivity index (χ1n) is 5.16. The summed E-state index contributed by atoms with van der Waals surface area (Å²) in [6.07, 6.45) is 10.0. The van der Waals surface area contributed by atoms with Crippen LogP contribution in [0.3, 0.4) is 0 Å². The van der Waals surface area contributed by atoms with Crippen molar-refractivity contribution in [1.82, 2.24) is 0 Å². The summed E-state index contributed by atoms with van der Waals surface area (Å²) in [4.78, 5) is 0. The van der Waals surface area contributed by atoms with E-state index in [0.29, 0.717) is 6.42 Å². The summed E-state index contributed by atoms with van der Waals surface area (Å²) in [5.41, 5.74) is 0. The average molecular weight is 220 g/mol. The molecule has 0 rings (SSSR count). The Morgan fingerprint density at radius 1 is 1.07 bits per heavy atom. The fraction of sp³-hybridized carbons (Fsp3) is 0.800. The van der Waals surface area contributed by atoms with Crippen LogP contribution in [0, 0.1) is 0 Å². The summed E-state index contributed by atoms with van der Waals surface area (Å²) < 4.78 is 29.1. The first-order valence-corrected chi connectivity index (χ1v) is 6.77. The normalized spacial score (nSPS) is 12.4. The van der Waals surface area contributed by atoms with E-state index in [1.165, 1.54) is 19.3 Å². The van der Waals surface area contributed by atoms with Crippen molar-refractivity contribution >= 4 is 10.1 Å². The molecule has 0 saturated carbocycles. The van der Waals surface area contributed by atoms with E-state index in [9.17, 15) is 8.42 Å². The molecule has 1 N–H and O–H groups in total. The van der Waals surface area contributed by atoms with Crippen molar-refractivity contribution in [2.45, 2.75) is 45.4 Å². The van der Waals surface area contributed by atoms with Crippen molar-refractivity contribution in [2.24, 2.45) is 0 Å². The number of rotatable bonds is 8. The first-order chi connectivity index (χ1) is 6.56. The summed E-state index contributed by atoms with van der Waals surface area (Å²) in [5.74, 6) is -0.133. The maximum atomic E-state index is 10.3. The molecule has 0 aromatic carbocycles. The van der Waals surface area contributed by atoms with Gasteiger partial charge >= 0.3 is 0 Å². The first kappa shape index (κ1) is 13.7. The Hall–Kier alpha value is -0.350. The lowest BCUT2D eigenvalue weighted by atomic mass is 10.2. The molecule has 0 aliphatic carbocycles. The molecule has 0 aliphatic heterocycles. The van der Waals surface area contributed by atoms with E-state index in [2.05, 4.69) is 13.0 Å². The van der Waals surface area contributed by atoms with Crippen LogP contribution in [-0.2, 0) is 10.1 Å². The van der Waals surface area contributed by atoms with Gasteiger partial charge in [0.1, 0.15) is 0 Å². The number of hydrogen-bond acceptors (Lipinski definition) is 2. The van der Waals surface area contributed by atoms with Gasteiger partial charge in [-0.25, -0.2) is 0 Å². The fourth-order valence-electron chi connectivity index (χ4n) is 1.13. The molecular formula is C10H20O3S. The van der Waals surface area contributed by atoms with Crippen LogP contribution in [0.1, 0.15) is 45.4 Å². The molecule has 0 saturated heterocycles. The van der Waals surface area contributed by atoms with Crippen LogP contribution in [0.4, 0.5) is 0 Å². The van der Waals surface area contributed by atoms with Gasteiger partial charge in [0.2, 0.25) is 0 Å². The minimum atomic E-state index is -3.76. The maximum absolute atomic E-state index is 10.3. The highest BCUT2D eigenvalue weighted by Gasteiger charge is 2.01. The van der Waals surface area contributed by atoms with Gasteiger partial charge in [0, 0.05) is 0 Å². The zero-order valence-electron chi connectivity index (χ0n) is 8.78. The van der Waals surface area contributed by atoms with Gasteiger partial charge in [-0.1, -0.05) is 31.9 Å². The molecule has 0 fully saturated rings. The van der Waals surface area contributed by atoms with Crippen molar-refractivity contribution in [2.75, 3.05) is 5.75 Å². The Kier molecular flexibility index (Phi) is 7.80. The molecule has 14 heavy (non-hydrogen) atoms. The van der Waals surface area contributed by atoms with E-state index in [1.54, 1.807) is 0 Å². The van der Waals surface area contributed by atoms with Gasteiger partial charge in [0.05, 0.1) is 5.75 Å². The van der Waals surface area contributed by atoms with Gasteiger partial charge in [-0.15, -0.1) is 0 Å². The zero-order valence-corrected chi connectivity index (χ0v) is 9.59. The van der Waals surface area contributed by atoms with Crippen LogP contribution >= 0.6 is 0 Å². The molecule has 84 valence electrons. The van der Waals surface area contributed by atoms with Gasteiger partial charge in [0.25, 0.3) is 10.1 Å². The third kappa shape index (κ3) is 11.6. The van der Waals surface area contributed by atoms with Gasteiger partial charge < -0.3 is 0 Å². The number of unbranched alkanes of at least 4 members (excludes halogenated alkanes) is 4. The van der Waals surface area contributed by atoms with E-state index in [1.807, 2.05) is 6.08 Å². The van der Waals surface area contributed by atoms with E-state index in [4.69, 9.17) is 4.55 Å². The minimum absolute atomic E-state index is 0.133. The summed E-state index contributed by atoms with van der Waals surface area (Å²) in [6.45, 7) is 2.16. The smallest absolute Gasteiger partial charge is 0.264 e. The molecule has 0 unspecified atom stereocenters. The molecule has 4 heteroatoms. The minimum Gasteiger partial charge on any atom is -0.286 e. The van der Waals surface area contributed by atoms with Gasteiger partial charge in [-0.05, 0) is 25.7 Å². The lowest BCUT2D eigenvalue weighted by Gasteiger charge is -1.94. The van der Waals surface area contributed by atoms with E-state index < -0.39 is 10.1 Å². The molecule has 0 amide bonds. The van der Waals surface area contributed by atoms with Crippen molar-refractivity contribution in [3.8, 4) is 0 Å². The summed E-state index contributed by atoms with van der Waals surface area (Å²) >= 11 is 0. The standard InChI is InChI=1S/C10H20O3S/c1-2-3-4-5-6-7-8-9-10-14(11,12)13/h6-7H,2-5,8-10H2,1H3,(H,11,12,13)/b7-6-. The quantitative estimate of drug-likeness (QED) is 0.389. The van der Waals surface area contributed by atoms with Crippen molar-refractivity contribution in [3.63, 3.8) is 0 Å². The lowest BCUT2D eigenvalue weighted by Crippen LogP contribution is -2.02. The molecular weight excluding hydrogens is 200 g/mol. The van der Waals surface area contributed by atoms with Gasteiger partial charge in [-0.3, -0.25) is 4.55 Å². The monoisotopic (exact) mass is 220 g/mol. The van der Waals surface area contributed by atoms with Crippen molar-refractivity contribution in [1.29, 1.82) is 0 Å². The third-order valence-corrected chi connectivity index (χ3v) is 2.72. The molecule has 0 spiro atoms. The Balaban J connectivity index is 3.28. The van der Waals surface area contributed by atoms with Crippen molar-refractivity contribution in [3.05, 3.63) is 12.2 Å². The Bertz CT molecular complexity index is 242. The van der Waals surface area contributed by atoms with Crippen molar-refractivity contribution < 1.29 is 13.0 Å². The zero-order chi connectivity index (χ0) is 10.9. The van der Waals surface area contributed by atoms with Gasteiger partial charge in [0.15, 0.2) is 0 Å². The fourth-order valence-corrected chi connectivity index (χ4v) is 1.66. The highest BCUT2D eigenvalue weighted by atomic mass is 32.2. The predicted molar refractivity (Wildman–Crippen MR) is 58.9 cm³/mol. The Morgan fingerprint density at radius 3 is 2.14 bits per heavy atom. The van der Waals surface area contributed by atoms with Crippen LogP contribution in [0.5, 0.6) is 0 Å². The molecule has 0 atom stereocenters. The van der Waals surface area contributed by atoms with Crippen LogP contribution in [0.25, 0.3) is 0 Å². The molecule has 0 aromatic heterocycles. The highest BCUT2D eigenvalue weighted by Crippen LogP contribution is 2.01. The second kappa shape index (κ2) is 8.00. The predicted octanol–water partition coefficient (Wildman–Crippen LogP) is 2.79. The van der Waals surface area contributed by atoms with E-state index in [-0.39, 0.29) is 5.75 Å². The Labute approximate surface area is 87.0 Å². The molecule has 3 nitrogen and oxygen atoms in total. The highest BCUT2D eigenvalue weighted by molar-refractivity contribution is 7.85. The summed E-state index contributed by atoms with van der Waals surface area (Å²) in [5, 5.41) is 0. The maximum Gasteiger partial charge on any atom is 0.264 e. The van der Waals surface area contributed by atoms with Crippen LogP contribution in [0.15, 0.2) is 12.2 Å². The second-order valence-corrected chi connectivity index (χ2v) is 4.97. The third-order valence-electron chi connectivity index (χ3n) is 1.91. The largest absolute Gasteiger partial charge is 0.286 e. The van der Waals surface area contributed by atoms with Crippen LogP contribution < -0.4 is 0 Å². The lowest BCUT2D eigenvalue weighted by molar-refractivity contribution is 0.481. The SMILES string of the molecule is CCCCC/C=C\CCCS(=O)(=O)O. The summed E-state index contributed by atoms with van der Waals surface area (Å²) in [7, 11) is -3.76. The topological polar surface area (TPSA) is 54.4 Å². The molecule has 0 aliphatic rings. The molecule has 0 bridgehead atoms. The van der Waals surface area contributed by atoms with Gasteiger partial charge in [-0.2, -0.15) is 8.42 Å². The molecule has 0 aromatic rings. The second-order valence-electron chi connectivity index (χ2n) is 3.40. The number of allylic oxidation sites excluding steroid dienone is 2. The molecule has 0 radical (unpaired) electrons. The van der Waals surface area contributed by atoms with Crippen LogP contribution in [0.2, 0.25) is 0 Å².